The third kappa shape index (κ3) is 5.55. The first-order valence-electron chi connectivity index (χ1n) is 12.2. The number of ether oxygens (including phenoxy) is 2. The first-order valence-corrected chi connectivity index (χ1v) is 14.7. The number of ketones is 1. The summed E-state index contributed by atoms with van der Waals surface area (Å²) in [5.74, 6) is 1.61. The number of piperazine rings is 1. The van der Waals surface area contributed by atoms with Crippen molar-refractivity contribution in [2.75, 3.05) is 71.5 Å². The molecular weight excluding hydrogens is 490 g/mol. The minimum Gasteiger partial charge on any atom is -0.396 e. The van der Waals surface area contributed by atoms with Gasteiger partial charge in [0.05, 0.1) is 24.0 Å². The Kier molecular flexibility index (Phi) is 9.10. The first-order chi connectivity index (χ1) is 16.8. The van der Waals surface area contributed by atoms with Crippen molar-refractivity contribution in [3.63, 3.8) is 0 Å². The van der Waals surface area contributed by atoms with E-state index < -0.39 is 18.2 Å². The predicted molar refractivity (Wildman–Crippen MR) is 138 cm³/mol. The number of aliphatic hydroxyl groups is 2. The number of methoxy groups -OCH3 is 1. The zero-order valence-corrected chi connectivity index (χ0v) is 22.5. The van der Waals surface area contributed by atoms with Crippen molar-refractivity contribution in [3.05, 3.63) is 22.5 Å². The molecule has 3 heterocycles. The predicted octanol–water partition coefficient (Wildman–Crippen LogP) is -0.252. The van der Waals surface area contributed by atoms with Gasteiger partial charge < -0.3 is 35.2 Å². The van der Waals surface area contributed by atoms with E-state index in [2.05, 4.69) is 22.2 Å². The molecule has 0 spiro atoms. The Morgan fingerprint density at radius 2 is 1.94 bits per heavy atom. The van der Waals surface area contributed by atoms with Gasteiger partial charge in [0.25, 0.3) is 0 Å². The summed E-state index contributed by atoms with van der Waals surface area (Å²) in [6, 6.07) is -0.278. The molecule has 2 fully saturated rings. The van der Waals surface area contributed by atoms with Crippen LogP contribution < -0.4 is 11.1 Å². The highest BCUT2D eigenvalue weighted by atomic mass is 33.1. The number of nitrogens with zero attached hydrogens (tertiary/aromatic N) is 3. The third-order valence-corrected chi connectivity index (χ3v) is 9.94. The second-order valence-corrected chi connectivity index (χ2v) is 12.3. The molecule has 4 rings (SSSR count). The molecule has 0 aromatic rings. The lowest BCUT2D eigenvalue weighted by Crippen LogP contribution is -2.57. The van der Waals surface area contributed by atoms with Crippen molar-refractivity contribution in [3.8, 4) is 0 Å². The fourth-order valence-electron chi connectivity index (χ4n) is 5.42. The monoisotopic (exact) mass is 529 g/mol. The SMILES string of the molecule is CO[C@@]12CC3=C(C(O)C(C)=C(N)C3=O)N1CCC2NC(O)OCCSSCCN1CCN(C)CC1. The normalized spacial score (nSPS) is 30.9. The molecule has 10 nitrogen and oxygen atoms in total. The number of aliphatic hydroxyl groups excluding tert-OH is 2. The summed E-state index contributed by atoms with van der Waals surface area (Å²) in [6.45, 7) is 8.35. The molecule has 0 saturated carbocycles. The second kappa shape index (κ2) is 11.7. The lowest BCUT2D eigenvalue weighted by atomic mass is 9.88. The molecule has 0 amide bonds. The van der Waals surface area contributed by atoms with Gasteiger partial charge in [-0.05, 0) is 26.0 Å². The molecule has 5 N–H and O–H groups in total. The van der Waals surface area contributed by atoms with Crippen LogP contribution in [0.3, 0.4) is 0 Å². The fraction of sp³-hybridized carbons (Fsp3) is 0.783. The lowest BCUT2D eigenvalue weighted by molar-refractivity contribution is -0.156. The van der Waals surface area contributed by atoms with Crippen LogP contribution in [0.2, 0.25) is 0 Å². The van der Waals surface area contributed by atoms with Gasteiger partial charge in [0.1, 0.15) is 6.10 Å². The van der Waals surface area contributed by atoms with E-state index in [1.54, 1.807) is 24.8 Å². The minimum atomic E-state index is -1.15. The van der Waals surface area contributed by atoms with Crippen LogP contribution in [0.4, 0.5) is 0 Å². The third-order valence-electron chi connectivity index (χ3n) is 7.60. The number of rotatable bonds is 11. The Bertz CT molecular complexity index is 850. The van der Waals surface area contributed by atoms with E-state index in [4.69, 9.17) is 15.2 Å². The van der Waals surface area contributed by atoms with E-state index in [0.29, 0.717) is 42.8 Å². The van der Waals surface area contributed by atoms with Gasteiger partial charge in [0, 0.05) is 69.9 Å². The number of fused-ring (bicyclic) bond motifs is 2. The van der Waals surface area contributed by atoms with Crippen molar-refractivity contribution >= 4 is 27.4 Å². The highest BCUT2D eigenvalue weighted by molar-refractivity contribution is 8.76. The number of nitrogens with two attached hydrogens (primary N) is 1. The molecule has 0 bridgehead atoms. The summed E-state index contributed by atoms with van der Waals surface area (Å²) >= 11 is 0. The molecule has 3 unspecified atom stereocenters. The topological polar surface area (TPSA) is 124 Å². The maximum atomic E-state index is 12.8. The van der Waals surface area contributed by atoms with Gasteiger partial charge in [-0.2, -0.15) is 0 Å². The summed E-state index contributed by atoms with van der Waals surface area (Å²) < 4.78 is 11.5. The average molecular weight is 530 g/mol. The second-order valence-electron chi connectivity index (χ2n) is 9.59. The number of nitrogens with one attached hydrogen (secondary N) is 1. The Balaban J connectivity index is 1.19. The van der Waals surface area contributed by atoms with Crippen LogP contribution in [-0.2, 0) is 14.3 Å². The average Bonchev–Trinajstić information content (AvgIpc) is 3.37. The van der Waals surface area contributed by atoms with Crippen LogP contribution in [0.5, 0.6) is 0 Å². The van der Waals surface area contributed by atoms with Gasteiger partial charge in [-0.15, -0.1) is 0 Å². The Morgan fingerprint density at radius 3 is 2.66 bits per heavy atom. The van der Waals surface area contributed by atoms with E-state index >= 15 is 0 Å². The smallest absolute Gasteiger partial charge is 0.213 e. The molecule has 35 heavy (non-hydrogen) atoms. The number of allylic oxidation sites excluding steroid dienone is 1. The van der Waals surface area contributed by atoms with E-state index in [0.717, 1.165) is 44.2 Å². The van der Waals surface area contributed by atoms with Gasteiger partial charge in [-0.3, -0.25) is 15.0 Å². The number of carbonyl (C=O) groups is 1. The van der Waals surface area contributed by atoms with Crippen molar-refractivity contribution in [2.45, 2.75) is 44.1 Å². The van der Waals surface area contributed by atoms with Gasteiger partial charge in [-0.1, -0.05) is 21.6 Å². The first kappa shape index (κ1) is 27.2. The number of hydrogen-bond acceptors (Lipinski definition) is 12. The molecule has 2 saturated heterocycles. The number of Topliss-reactive ketones (excluding diaryl/α,β-unsaturated/α-hetero) is 1. The highest BCUT2D eigenvalue weighted by Crippen LogP contribution is 2.49. The van der Waals surface area contributed by atoms with Crippen LogP contribution in [0.25, 0.3) is 0 Å². The highest BCUT2D eigenvalue weighted by Gasteiger charge is 2.58. The van der Waals surface area contributed by atoms with Crippen LogP contribution in [0.1, 0.15) is 19.8 Å². The van der Waals surface area contributed by atoms with Gasteiger partial charge in [0.2, 0.25) is 12.2 Å². The minimum absolute atomic E-state index is 0.107. The molecule has 0 radical (unpaired) electrons. The summed E-state index contributed by atoms with van der Waals surface area (Å²) in [6.07, 6.45) is -1.09. The molecule has 4 atom stereocenters. The van der Waals surface area contributed by atoms with Crippen molar-refractivity contribution in [1.29, 1.82) is 0 Å². The zero-order chi connectivity index (χ0) is 25.2. The summed E-state index contributed by atoms with van der Waals surface area (Å²) in [5.41, 5.74) is 6.73. The van der Waals surface area contributed by atoms with Gasteiger partial charge >= 0.3 is 0 Å². The maximum Gasteiger partial charge on any atom is 0.213 e. The lowest BCUT2D eigenvalue weighted by Gasteiger charge is -2.39. The largest absolute Gasteiger partial charge is 0.396 e. The van der Waals surface area contributed by atoms with Crippen molar-refractivity contribution < 1.29 is 24.5 Å². The number of hydrogen-bond donors (Lipinski definition) is 4. The Morgan fingerprint density at radius 1 is 1.23 bits per heavy atom. The molecule has 198 valence electrons. The van der Waals surface area contributed by atoms with E-state index in [9.17, 15) is 15.0 Å². The van der Waals surface area contributed by atoms with E-state index in [1.807, 2.05) is 15.7 Å². The van der Waals surface area contributed by atoms with Gasteiger partial charge in [-0.25, -0.2) is 0 Å². The fourth-order valence-corrected chi connectivity index (χ4v) is 7.29. The zero-order valence-electron chi connectivity index (χ0n) is 20.9. The Labute approximate surface area is 215 Å². The van der Waals surface area contributed by atoms with Gasteiger partial charge in [0.15, 0.2) is 5.72 Å². The summed E-state index contributed by atoms with van der Waals surface area (Å²) in [4.78, 5) is 19.6. The molecule has 0 aromatic heterocycles. The van der Waals surface area contributed by atoms with Crippen molar-refractivity contribution in [2.24, 2.45) is 5.73 Å². The molecular formula is C23H39N5O5S2. The van der Waals surface area contributed by atoms with Crippen LogP contribution in [-0.4, -0.2) is 127 Å². The summed E-state index contributed by atoms with van der Waals surface area (Å²) in [5, 5.41) is 24.4. The van der Waals surface area contributed by atoms with Crippen LogP contribution in [0.15, 0.2) is 22.5 Å². The summed E-state index contributed by atoms with van der Waals surface area (Å²) in [7, 11) is 7.35. The molecule has 1 aliphatic carbocycles. The van der Waals surface area contributed by atoms with Crippen molar-refractivity contribution in [1.82, 2.24) is 20.0 Å². The van der Waals surface area contributed by atoms with E-state index in [-0.39, 0.29) is 17.5 Å². The number of likely N-dealkylation sites (N-methyl/N-ethyl adjacent to an activating group) is 1. The van der Waals surface area contributed by atoms with E-state index in [1.165, 1.54) is 0 Å². The van der Waals surface area contributed by atoms with Crippen LogP contribution in [0, 0.1) is 0 Å². The Hall–Kier alpha value is -0.830. The maximum absolute atomic E-state index is 12.8. The molecule has 0 aromatic carbocycles. The number of carbonyl (C=O) groups excluding carboxylic acids is 1. The molecule has 3 aliphatic heterocycles. The van der Waals surface area contributed by atoms with Crippen LogP contribution >= 0.6 is 21.6 Å². The molecule has 12 heteroatoms. The molecule has 4 aliphatic rings. The standard InChI is InChI=1S/C23H39N5O5S2/c1-15-18(24)21(30)16-14-23(32-3)17(4-5-28(23)19(16)20(15)29)25-22(31)33-11-13-35-34-12-10-27-8-6-26(2)7-9-27/h17,20,22,25,29,31H,4-14,24H2,1-3H3/t17?,20?,22?,23-/m1/s1. The quantitative estimate of drug-likeness (QED) is 0.160.